The number of aliphatic hydroxyl groups is 1. The van der Waals surface area contributed by atoms with Crippen molar-refractivity contribution in [2.75, 3.05) is 13.2 Å². The number of carbonyl (C=O) groups is 2. The largest absolute Gasteiger partial charge is 0.462 e. The Labute approximate surface area is 285 Å². The lowest BCUT2D eigenvalue weighted by atomic mass is 10.1. The van der Waals surface area contributed by atoms with Crippen molar-refractivity contribution in [3.05, 3.63) is 36.5 Å². The molecule has 0 spiro atoms. The number of rotatable bonds is 35. The third-order valence-corrected chi connectivity index (χ3v) is 8.41. The predicted octanol–water partition coefficient (Wildman–Crippen LogP) is 12.1. The third kappa shape index (κ3) is 35.0. The van der Waals surface area contributed by atoms with E-state index in [0.29, 0.717) is 12.8 Å². The second-order valence-corrected chi connectivity index (χ2v) is 13.0. The zero-order valence-electron chi connectivity index (χ0n) is 30.3. The van der Waals surface area contributed by atoms with Crippen LogP contribution in [-0.2, 0) is 19.1 Å². The molecule has 5 heteroatoms. The summed E-state index contributed by atoms with van der Waals surface area (Å²) in [5.74, 6) is -0.604. The van der Waals surface area contributed by atoms with Gasteiger partial charge in [-0.15, -0.1) is 0 Å². The van der Waals surface area contributed by atoms with Crippen molar-refractivity contribution in [3.8, 4) is 0 Å². The van der Waals surface area contributed by atoms with E-state index in [9.17, 15) is 14.7 Å². The highest BCUT2D eigenvalue weighted by molar-refractivity contribution is 5.70. The number of hydrogen-bond donors (Lipinski definition) is 1. The molecule has 5 nitrogen and oxygen atoms in total. The number of unbranched alkanes of at least 4 members (excludes halogenated alkanes) is 21. The summed E-state index contributed by atoms with van der Waals surface area (Å²) in [7, 11) is 0. The second-order valence-electron chi connectivity index (χ2n) is 13.0. The van der Waals surface area contributed by atoms with Gasteiger partial charge in [-0.05, 0) is 70.6 Å². The first kappa shape index (κ1) is 44.1. The van der Waals surface area contributed by atoms with Gasteiger partial charge in [-0.25, -0.2) is 0 Å². The lowest BCUT2D eigenvalue weighted by Gasteiger charge is -2.15. The van der Waals surface area contributed by atoms with Gasteiger partial charge in [0, 0.05) is 12.8 Å². The molecule has 0 saturated heterocycles. The maximum Gasteiger partial charge on any atom is 0.306 e. The van der Waals surface area contributed by atoms with Crippen LogP contribution in [0.1, 0.15) is 194 Å². The van der Waals surface area contributed by atoms with Crippen LogP contribution in [-0.4, -0.2) is 36.4 Å². The van der Waals surface area contributed by atoms with Crippen molar-refractivity contribution in [2.24, 2.45) is 0 Å². The molecule has 0 bridgehead atoms. The Morgan fingerprint density at radius 1 is 0.500 bits per heavy atom. The molecule has 0 radical (unpaired) electrons. The zero-order chi connectivity index (χ0) is 33.6. The molecule has 0 fully saturated rings. The Balaban J connectivity index is 3.56. The van der Waals surface area contributed by atoms with E-state index in [-0.39, 0.29) is 25.2 Å². The van der Waals surface area contributed by atoms with E-state index in [0.717, 1.165) is 51.4 Å². The van der Waals surface area contributed by atoms with Crippen molar-refractivity contribution >= 4 is 11.9 Å². The highest BCUT2D eigenvalue weighted by Crippen LogP contribution is 2.13. The Morgan fingerprint density at radius 2 is 0.870 bits per heavy atom. The smallest absolute Gasteiger partial charge is 0.306 e. The van der Waals surface area contributed by atoms with Crippen LogP contribution in [0, 0.1) is 0 Å². The lowest BCUT2D eigenvalue weighted by Crippen LogP contribution is -2.28. The summed E-state index contributed by atoms with van der Waals surface area (Å²) in [6.07, 6.45) is 44.8. The summed E-state index contributed by atoms with van der Waals surface area (Å²) in [6, 6.07) is 0. The van der Waals surface area contributed by atoms with Gasteiger partial charge in [0.1, 0.15) is 6.61 Å². The maximum atomic E-state index is 12.2. The van der Waals surface area contributed by atoms with E-state index in [1.165, 1.54) is 116 Å². The highest BCUT2D eigenvalue weighted by atomic mass is 16.6. The summed E-state index contributed by atoms with van der Waals surface area (Å²) >= 11 is 0. The van der Waals surface area contributed by atoms with E-state index >= 15 is 0 Å². The molecule has 46 heavy (non-hydrogen) atoms. The van der Waals surface area contributed by atoms with E-state index in [4.69, 9.17) is 9.47 Å². The van der Waals surface area contributed by atoms with Crippen molar-refractivity contribution in [1.82, 2.24) is 0 Å². The number of aliphatic hydroxyl groups excluding tert-OH is 1. The molecule has 0 aliphatic carbocycles. The first-order valence-electron chi connectivity index (χ1n) is 19.5. The fraction of sp³-hybridized carbons (Fsp3) is 0.805. The van der Waals surface area contributed by atoms with Gasteiger partial charge in [-0.3, -0.25) is 9.59 Å². The van der Waals surface area contributed by atoms with Crippen LogP contribution in [0.15, 0.2) is 36.5 Å². The van der Waals surface area contributed by atoms with Gasteiger partial charge >= 0.3 is 11.9 Å². The van der Waals surface area contributed by atoms with Crippen LogP contribution in [0.4, 0.5) is 0 Å². The number of carbonyl (C=O) groups excluding carboxylic acids is 2. The third-order valence-electron chi connectivity index (χ3n) is 8.41. The van der Waals surface area contributed by atoms with Gasteiger partial charge in [-0.2, -0.15) is 0 Å². The first-order chi connectivity index (χ1) is 22.6. The van der Waals surface area contributed by atoms with Gasteiger partial charge < -0.3 is 14.6 Å². The molecule has 0 amide bonds. The van der Waals surface area contributed by atoms with Crippen LogP contribution in [0.5, 0.6) is 0 Å². The van der Waals surface area contributed by atoms with E-state index < -0.39 is 6.10 Å². The van der Waals surface area contributed by atoms with Crippen LogP contribution in [0.25, 0.3) is 0 Å². The summed E-state index contributed by atoms with van der Waals surface area (Å²) in [4.78, 5) is 24.2. The Hall–Kier alpha value is -1.88. The average Bonchev–Trinajstić information content (AvgIpc) is 3.06. The van der Waals surface area contributed by atoms with Crippen LogP contribution in [0.3, 0.4) is 0 Å². The van der Waals surface area contributed by atoms with E-state index in [1.807, 2.05) is 0 Å². The predicted molar refractivity (Wildman–Crippen MR) is 196 cm³/mol. The zero-order valence-corrected chi connectivity index (χ0v) is 30.3. The molecule has 1 N–H and O–H groups in total. The molecular weight excluding hydrogens is 572 g/mol. The van der Waals surface area contributed by atoms with Gasteiger partial charge in [0.15, 0.2) is 6.10 Å². The minimum Gasteiger partial charge on any atom is -0.462 e. The second kappa shape index (κ2) is 37.6. The quantitative estimate of drug-likeness (QED) is 0.0421. The lowest BCUT2D eigenvalue weighted by molar-refractivity contribution is -0.161. The molecule has 0 aromatic heterocycles. The molecule has 0 rings (SSSR count). The molecule has 0 aliphatic heterocycles. The van der Waals surface area contributed by atoms with Crippen LogP contribution < -0.4 is 0 Å². The number of allylic oxidation sites excluding steroid dienone is 6. The van der Waals surface area contributed by atoms with Gasteiger partial charge in [0.2, 0.25) is 0 Å². The number of ether oxygens (including phenoxy) is 2. The van der Waals surface area contributed by atoms with Gasteiger partial charge in [0.25, 0.3) is 0 Å². The Morgan fingerprint density at radius 3 is 1.35 bits per heavy atom. The minimum absolute atomic E-state index is 0.0708. The summed E-state index contributed by atoms with van der Waals surface area (Å²) in [5.41, 5.74) is 0. The van der Waals surface area contributed by atoms with Crippen molar-refractivity contribution in [1.29, 1.82) is 0 Å². The number of hydrogen-bond acceptors (Lipinski definition) is 5. The molecule has 268 valence electrons. The molecule has 1 atom stereocenters. The maximum absolute atomic E-state index is 12.2. The highest BCUT2D eigenvalue weighted by Gasteiger charge is 2.16. The van der Waals surface area contributed by atoms with Crippen molar-refractivity contribution in [3.63, 3.8) is 0 Å². The van der Waals surface area contributed by atoms with E-state index in [1.54, 1.807) is 0 Å². The monoisotopic (exact) mass is 647 g/mol. The molecule has 1 unspecified atom stereocenters. The average molecular weight is 647 g/mol. The topological polar surface area (TPSA) is 72.8 Å². The summed E-state index contributed by atoms with van der Waals surface area (Å²) in [5, 5.41) is 9.54. The fourth-order valence-corrected chi connectivity index (χ4v) is 5.40. The van der Waals surface area contributed by atoms with Crippen LogP contribution >= 0.6 is 0 Å². The molecule has 0 aliphatic rings. The van der Waals surface area contributed by atoms with Crippen LogP contribution in [0.2, 0.25) is 0 Å². The molecule has 0 aromatic carbocycles. The van der Waals surface area contributed by atoms with E-state index in [2.05, 4.69) is 50.3 Å². The fourth-order valence-electron chi connectivity index (χ4n) is 5.40. The normalized spacial score (nSPS) is 12.5. The Bertz CT molecular complexity index is 741. The van der Waals surface area contributed by atoms with Gasteiger partial charge in [0.05, 0.1) is 6.61 Å². The summed E-state index contributed by atoms with van der Waals surface area (Å²) in [6.45, 7) is 4.08. The first-order valence-corrected chi connectivity index (χ1v) is 19.5. The standard InChI is InChI=1S/C41H74O5/c1-3-5-7-9-11-13-15-17-18-19-20-21-22-24-26-28-30-32-34-36-41(44)46-39(37-42)38-45-40(43)35-33-31-29-27-25-23-16-14-12-10-8-6-4-2/h11,13-14,16-18,39,42H,3-10,12,15,19-38H2,1-2H3. The van der Waals surface area contributed by atoms with Crippen molar-refractivity contribution in [2.45, 2.75) is 200 Å². The molecule has 0 aromatic rings. The number of esters is 2. The van der Waals surface area contributed by atoms with Gasteiger partial charge in [-0.1, -0.05) is 147 Å². The Kier molecular flexibility index (Phi) is 36.0. The minimum atomic E-state index is -0.774. The summed E-state index contributed by atoms with van der Waals surface area (Å²) < 4.78 is 10.6. The molecule has 0 saturated carbocycles. The SMILES string of the molecule is CCCCCC=CCC=CCCCCCCCCCCCC(=O)OC(CO)COC(=O)CCCCCCCC=CCCCCCC. The molecule has 0 heterocycles. The van der Waals surface area contributed by atoms with Crippen molar-refractivity contribution < 1.29 is 24.2 Å². The molecular formula is C41H74O5.